The molecular weight excluding hydrogens is 288 g/mol. The maximum Gasteiger partial charge on any atom is 0.291 e. The fourth-order valence-electron chi connectivity index (χ4n) is 2.02. The molecular formula is C13H12N6O3. The molecule has 112 valence electrons. The third-order valence-electron chi connectivity index (χ3n) is 2.95. The van der Waals surface area contributed by atoms with Crippen LogP contribution in [0, 0.1) is 6.92 Å². The summed E-state index contributed by atoms with van der Waals surface area (Å²) in [5.41, 5.74) is 0.135. The number of H-pyrrole nitrogens is 2. The molecule has 9 heteroatoms. The zero-order valence-corrected chi connectivity index (χ0v) is 11.6. The molecule has 0 aliphatic rings. The summed E-state index contributed by atoms with van der Waals surface area (Å²) in [4.78, 5) is 48.0. The van der Waals surface area contributed by atoms with E-state index in [0.29, 0.717) is 11.5 Å². The predicted molar refractivity (Wildman–Crippen MR) is 76.6 cm³/mol. The molecule has 0 saturated heterocycles. The second kappa shape index (κ2) is 5.28. The second-order valence-corrected chi connectivity index (χ2v) is 4.66. The van der Waals surface area contributed by atoms with Crippen LogP contribution in [0.25, 0.3) is 5.65 Å². The summed E-state index contributed by atoms with van der Waals surface area (Å²) in [7, 11) is 0. The molecule has 0 unspecified atom stereocenters. The van der Waals surface area contributed by atoms with Crippen LogP contribution in [-0.2, 0) is 6.54 Å². The highest BCUT2D eigenvalue weighted by molar-refractivity contribution is 5.92. The fourth-order valence-corrected chi connectivity index (χ4v) is 2.02. The molecule has 3 aromatic heterocycles. The van der Waals surface area contributed by atoms with Crippen molar-refractivity contribution in [3.63, 3.8) is 0 Å². The monoisotopic (exact) mass is 300 g/mol. The van der Waals surface area contributed by atoms with Crippen molar-refractivity contribution in [1.29, 1.82) is 0 Å². The molecule has 1 amide bonds. The molecule has 0 saturated carbocycles. The number of imidazole rings is 1. The third-order valence-corrected chi connectivity index (χ3v) is 2.95. The first kappa shape index (κ1) is 13.7. The maximum absolute atomic E-state index is 12.0. The van der Waals surface area contributed by atoms with Crippen molar-refractivity contribution in [2.75, 3.05) is 0 Å². The summed E-state index contributed by atoms with van der Waals surface area (Å²) in [5, 5.41) is 2.59. The molecule has 0 fully saturated rings. The van der Waals surface area contributed by atoms with Crippen molar-refractivity contribution < 1.29 is 4.79 Å². The number of nitrogens with zero attached hydrogens (tertiary/aromatic N) is 3. The lowest BCUT2D eigenvalue weighted by atomic mass is 10.4. The number of aromatic nitrogens is 5. The molecule has 9 nitrogen and oxygen atoms in total. The van der Waals surface area contributed by atoms with Gasteiger partial charge in [0, 0.05) is 30.4 Å². The lowest BCUT2D eigenvalue weighted by Gasteiger charge is -2.03. The highest BCUT2D eigenvalue weighted by atomic mass is 16.2. The number of carbonyl (C=O) groups excluding carboxylic acids is 1. The van der Waals surface area contributed by atoms with E-state index in [1.165, 1.54) is 22.9 Å². The minimum Gasteiger partial charge on any atom is -0.343 e. The van der Waals surface area contributed by atoms with Gasteiger partial charge in [-0.2, -0.15) is 0 Å². The smallest absolute Gasteiger partial charge is 0.291 e. The minimum absolute atomic E-state index is 0.0555. The van der Waals surface area contributed by atoms with Gasteiger partial charge in [0.1, 0.15) is 11.5 Å². The lowest BCUT2D eigenvalue weighted by molar-refractivity contribution is 0.0945. The molecule has 0 aromatic carbocycles. The standard InChI is InChI=1S/C13H12N6O3/c1-7-4-10(20)18-9(16-7)5-15-12(21)8-6-19-3-2-14-13(22)11(19)17-8/h2-4,6H,5H2,1H3,(H,14,22)(H,15,21)(H,16,18,20). The van der Waals surface area contributed by atoms with E-state index in [1.807, 2.05) is 0 Å². The van der Waals surface area contributed by atoms with E-state index in [0.717, 1.165) is 0 Å². The number of aryl methyl sites for hydroxylation is 1. The second-order valence-electron chi connectivity index (χ2n) is 4.66. The summed E-state index contributed by atoms with van der Waals surface area (Å²) in [6, 6.07) is 1.36. The van der Waals surface area contributed by atoms with Crippen LogP contribution in [0.2, 0.25) is 0 Å². The van der Waals surface area contributed by atoms with Gasteiger partial charge in [-0.1, -0.05) is 0 Å². The largest absolute Gasteiger partial charge is 0.343 e. The zero-order chi connectivity index (χ0) is 15.7. The number of aromatic amines is 2. The lowest BCUT2D eigenvalue weighted by Crippen LogP contribution is -2.26. The van der Waals surface area contributed by atoms with Gasteiger partial charge < -0.3 is 19.7 Å². The molecule has 0 bridgehead atoms. The van der Waals surface area contributed by atoms with Gasteiger partial charge in [-0.3, -0.25) is 14.4 Å². The average Bonchev–Trinajstić information content (AvgIpc) is 2.89. The zero-order valence-electron chi connectivity index (χ0n) is 11.6. The van der Waals surface area contributed by atoms with Gasteiger partial charge in [0.2, 0.25) is 5.65 Å². The summed E-state index contributed by atoms with van der Waals surface area (Å²) < 4.78 is 1.46. The Bertz CT molecular complexity index is 968. The third kappa shape index (κ3) is 2.64. The predicted octanol–water partition coefficient (Wildman–Crippen LogP) is -0.656. The van der Waals surface area contributed by atoms with Gasteiger partial charge in [-0.25, -0.2) is 9.97 Å². The van der Waals surface area contributed by atoms with E-state index >= 15 is 0 Å². The quantitative estimate of drug-likeness (QED) is 0.592. The van der Waals surface area contributed by atoms with Crippen LogP contribution < -0.4 is 16.4 Å². The first-order chi connectivity index (χ1) is 10.5. The van der Waals surface area contributed by atoms with Gasteiger partial charge in [0.25, 0.3) is 17.0 Å². The Morgan fingerprint density at radius 3 is 2.91 bits per heavy atom. The molecule has 0 aliphatic carbocycles. The van der Waals surface area contributed by atoms with E-state index in [1.54, 1.807) is 13.1 Å². The number of fused-ring (bicyclic) bond motifs is 1. The molecule has 3 heterocycles. The summed E-state index contributed by atoms with van der Waals surface area (Å²) in [5.74, 6) is -0.118. The summed E-state index contributed by atoms with van der Waals surface area (Å²) in [6.07, 6.45) is 4.49. The van der Waals surface area contributed by atoms with E-state index < -0.39 is 5.91 Å². The molecule has 0 spiro atoms. The van der Waals surface area contributed by atoms with Crippen LogP contribution in [0.15, 0.2) is 34.2 Å². The fraction of sp³-hybridized carbons (Fsp3) is 0.154. The first-order valence-electron chi connectivity index (χ1n) is 6.44. The molecule has 3 rings (SSSR count). The van der Waals surface area contributed by atoms with Crippen molar-refractivity contribution in [3.8, 4) is 0 Å². The number of hydrogen-bond acceptors (Lipinski definition) is 5. The minimum atomic E-state index is -0.466. The number of carbonyl (C=O) groups is 1. The first-order valence-corrected chi connectivity index (χ1v) is 6.44. The highest BCUT2D eigenvalue weighted by Crippen LogP contribution is 2.00. The van der Waals surface area contributed by atoms with E-state index in [4.69, 9.17) is 0 Å². The summed E-state index contributed by atoms with van der Waals surface area (Å²) in [6.45, 7) is 1.74. The highest BCUT2D eigenvalue weighted by Gasteiger charge is 2.12. The van der Waals surface area contributed by atoms with E-state index in [2.05, 4.69) is 25.3 Å². The Labute approximate surface area is 123 Å². The molecule has 3 aromatic rings. The van der Waals surface area contributed by atoms with Crippen LogP contribution in [0.4, 0.5) is 0 Å². The van der Waals surface area contributed by atoms with Crippen LogP contribution in [0.5, 0.6) is 0 Å². The number of hydrogen-bond donors (Lipinski definition) is 3. The van der Waals surface area contributed by atoms with Gasteiger partial charge in [0.15, 0.2) is 0 Å². The van der Waals surface area contributed by atoms with Crippen LogP contribution >= 0.6 is 0 Å². The topological polar surface area (TPSA) is 125 Å². The molecule has 22 heavy (non-hydrogen) atoms. The molecule has 0 radical (unpaired) electrons. The van der Waals surface area contributed by atoms with Crippen molar-refractivity contribution in [3.05, 3.63) is 62.6 Å². The van der Waals surface area contributed by atoms with Gasteiger partial charge in [-0.15, -0.1) is 0 Å². The van der Waals surface area contributed by atoms with Crippen LogP contribution in [-0.4, -0.2) is 30.2 Å². The van der Waals surface area contributed by atoms with Crippen molar-refractivity contribution in [2.24, 2.45) is 0 Å². The van der Waals surface area contributed by atoms with Gasteiger partial charge in [0.05, 0.1) is 6.54 Å². The Morgan fingerprint density at radius 1 is 1.36 bits per heavy atom. The maximum atomic E-state index is 12.0. The molecule has 0 aliphatic heterocycles. The van der Waals surface area contributed by atoms with E-state index in [9.17, 15) is 14.4 Å². The van der Waals surface area contributed by atoms with Crippen molar-refractivity contribution in [1.82, 2.24) is 29.7 Å². The van der Waals surface area contributed by atoms with Gasteiger partial charge >= 0.3 is 0 Å². The molecule has 3 N–H and O–H groups in total. The van der Waals surface area contributed by atoms with Crippen LogP contribution in [0.3, 0.4) is 0 Å². The average molecular weight is 300 g/mol. The Hall–Kier alpha value is -3.23. The van der Waals surface area contributed by atoms with Crippen LogP contribution in [0.1, 0.15) is 22.0 Å². The van der Waals surface area contributed by atoms with Gasteiger partial charge in [-0.05, 0) is 6.92 Å². The number of nitrogens with one attached hydrogen (secondary N) is 3. The number of rotatable bonds is 3. The van der Waals surface area contributed by atoms with Crippen molar-refractivity contribution >= 4 is 11.6 Å². The SMILES string of the molecule is Cc1cc(=O)[nH]c(CNC(=O)c2cn3cc[nH]c(=O)c3n2)n1. The Kier molecular flexibility index (Phi) is 3.30. The van der Waals surface area contributed by atoms with Crippen molar-refractivity contribution in [2.45, 2.75) is 13.5 Å². The normalized spacial score (nSPS) is 10.8. The van der Waals surface area contributed by atoms with E-state index in [-0.39, 0.29) is 29.0 Å². The Morgan fingerprint density at radius 2 is 2.18 bits per heavy atom. The molecule has 0 atom stereocenters. The summed E-state index contributed by atoms with van der Waals surface area (Å²) >= 11 is 0. The Balaban J connectivity index is 1.80. The number of amides is 1.